The third-order valence-corrected chi connectivity index (χ3v) is 2.77. The minimum absolute atomic E-state index is 0.319. The Hall–Kier alpha value is -2.30. The Labute approximate surface area is 118 Å². The van der Waals surface area contributed by atoms with E-state index < -0.39 is 0 Å². The Kier molecular flexibility index (Phi) is 4.76. The van der Waals surface area contributed by atoms with Gasteiger partial charge >= 0.3 is 0 Å². The van der Waals surface area contributed by atoms with Crippen molar-refractivity contribution in [3.63, 3.8) is 0 Å². The lowest BCUT2D eigenvalue weighted by Gasteiger charge is -2.11. The fourth-order valence-corrected chi connectivity index (χ4v) is 1.70. The molecule has 0 fully saturated rings. The number of rotatable bonds is 6. The van der Waals surface area contributed by atoms with Gasteiger partial charge in [-0.2, -0.15) is 9.97 Å². The number of nitrogen functional groups attached to an aromatic ring is 1. The third kappa shape index (κ3) is 3.38. The number of aryl methyl sites for hydroxylation is 1. The smallest absolute Gasteiger partial charge is 0.249 e. The highest BCUT2D eigenvalue weighted by molar-refractivity contribution is 5.56. The average Bonchev–Trinajstić information content (AvgIpc) is 2.48. The van der Waals surface area contributed by atoms with Gasteiger partial charge in [0, 0.05) is 0 Å². The van der Waals surface area contributed by atoms with Crippen LogP contribution >= 0.6 is 0 Å². The Morgan fingerprint density at radius 2 is 1.95 bits per heavy atom. The quantitative estimate of drug-likeness (QED) is 0.875. The van der Waals surface area contributed by atoms with Crippen molar-refractivity contribution in [1.82, 2.24) is 9.97 Å². The van der Waals surface area contributed by atoms with Crippen molar-refractivity contribution < 1.29 is 9.47 Å². The molecule has 20 heavy (non-hydrogen) atoms. The van der Waals surface area contributed by atoms with Crippen LogP contribution in [0.25, 0.3) is 0 Å². The van der Waals surface area contributed by atoms with Gasteiger partial charge in [0.2, 0.25) is 11.8 Å². The predicted octanol–water partition coefficient (Wildman–Crippen LogP) is 3.20. The Balaban J connectivity index is 2.20. The van der Waals surface area contributed by atoms with Gasteiger partial charge in [-0.3, -0.25) is 0 Å². The van der Waals surface area contributed by atoms with Gasteiger partial charge in [0.25, 0.3) is 0 Å². The Morgan fingerprint density at radius 1 is 1.15 bits per heavy atom. The normalized spacial score (nSPS) is 10.3. The van der Waals surface area contributed by atoms with Crippen LogP contribution in [0.1, 0.15) is 25.8 Å². The van der Waals surface area contributed by atoms with Crippen molar-refractivity contribution in [3.8, 4) is 17.5 Å². The van der Waals surface area contributed by atoms with E-state index in [4.69, 9.17) is 15.2 Å². The van der Waals surface area contributed by atoms with Crippen molar-refractivity contribution in [3.05, 3.63) is 36.2 Å². The van der Waals surface area contributed by atoms with Crippen LogP contribution in [0.3, 0.4) is 0 Å². The van der Waals surface area contributed by atoms with E-state index in [9.17, 15) is 0 Å². The van der Waals surface area contributed by atoms with E-state index in [1.165, 1.54) is 11.9 Å². The molecule has 5 heteroatoms. The number of anilines is 1. The summed E-state index contributed by atoms with van der Waals surface area (Å²) in [5.74, 6) is 1.39. The van der Waals surface area contributed by atoms with Crippen LogP contribution < -0.4 is 15.2 Å². The van der Waals surface area contributed by atoms with Gasteiger partial charge in [0.05, 0.1) is 6.61 Å². The van der Waals surface area contributed by atoms with E-state index in [2.05, 4.69) is 16.9 Å². The summed E-state index contributed by atoms with van der Waals surface area (Å²) in [4.78, 5) is 8.07. The number of ether oxygens (including phenoxy) is 2. The zero-order valence-corrected chi connectivity index (χ0v) is 11.8. The van der Waals surface area contributed by atoms with Gasteiger partial charge < -0.3 is 15.2 Å². The Bertz CT molecular complexity index is 573. The molecule has 1 aromatic carbocycles. The van der Waals surface area contributed by atoms with E-state index >= 15 is 0 Å². The van der Waals surface area contributed by atoms with Crippen LogP contribution in [0.5, 0.6) is 17.5 Å². The average molecular weight is 273 g/mol. The number of hydrogen-bond donors (Lipinski definition) is 1. The molecule has 0 aliphatic carbocycles. The number of benzene rings is 1. The van der Waals surface area contributed by atoms with Crippen LogP contribution in [-0.2, 0) is 6.42 Å². The Morgan fingerprint density at radius 3 is 2.70 bits per heavy atom. The molecule has 1 aromatic heterocycles. The van der Waals surface area contributed by atoms with E-state index in [1.807, 2.05) is 31.2 Å². The molecule has 2 N–H and O–H groups in total. The zero-order valence-electron chi connectivity index (χ0n) is 11.8. The van der Waals surface area contributed by atoms with Crippen molar-refractivity contribution in [2.24, 2.45) is 0 Å². The van der Waals surface area contributed by atoms with Gasteiger partial charge in [-0.15, -0.1) is 0 Å². The molecular formula is C15H19N3O2. The van der Waals surface area contributed by atoms with Gasteiger partial charge in [0.15, 0.2) is 5.69 Å². The number of hydrogen-bond acceptors (Lipinski definition) is 5. The molecule has 0 saturated carbocycles. The highest BCUT2D eigenvalue weighted by Gasteiger charge is 2.11. The molecule has 5 nitrogen and oxygen atoms in total. The van der Waals surface area contributed by atoms with Crippen LogP contribution in [0.2, 0.25) is 0 Å². The second-order valence-electron chi connectivity index (χ2n) is 4.35. The lowest BCUT2D eigenvalue weighted by molar-refractivity contribution is 0.304. The fourth-order valence-electron chi connectivity index (χ4n) is 1.70. The molecule has 0 saturated heterocycles. The summed E-state index contributed by atoms with van der Waals surface area (Å²) >= 11 is 0. The maximum atomic E-state index is 5.97. The summed E-state index contributed by atoms with van der Waals surface area (Å²) in [5, 5.41) is 0. The van der Waals surface area contributed by atoms with Gasteiger partial charge in [0.1, 0.15) is 12.1 Å². The molecule has 0 amide bonds. The summed E-state index contributed by atoms with van der Waals surface area (Å²) in [6.45, 7) is 4.67. The van der Waals surface area contributed by atoms with E-state index in [0.717, 1.165) is 12.8 Å². The summed E-state index contributed by atoms with van der Waals surface area (Å²) in [6.07, 6.45) is 3.22. The highest BCUT2D eigenvalue weighted by atomic mass is 16.5. The maximum Gasteiger partial charge on any atom is 0.249 e. The first-order chi connectivity index (χ1) is 9.74. The summed E-state index contributed by atoms with van der Waals surface area (Å²) in [7, 11) is 0. The van der Waals surface area contributed by atoms with Crippen LogP contribution in [-0.4, -0.2) is 16.6 Å². The molecule has 0 radical (unpaired) electrons. The minimum atomic E-state index is 0.319. The second kappa shape index (κ2) is 6.75. The number of aromatic nitrogens is 2. The first-order valence-corrected chi connectivity index (χ1v) is 6.74. The first kappa shape index (κ1) is 14.1. The topological polar surface area (TPSA) is 70.3 Å². The molecule has 0 unspecified atom stereocenters. The highest BCUT2D eigenvalue weighted by Crippen LogP contribution is 2.30. The number of nitrogens with two attached hydrogens (primary N) is 1. The van der Waals surface area contributed by atoms with Crippen molar-refractivity contribution in [2.45, 2.75) is 26.7 Å². The fraction of sp³-hybridized carbons (Fsp3) is 0.333. The van der Waals surface area contributed by atoms with Crippen LogP contribution in [0, 0.1) is 0 Å². The lowest BCUT2D eigenvalue weighted by Crippen LogP contribution is -2.04. The van der Waals surface area contributed by atoms with Crippen LogP contribution in [0.15, 0.2) is 30.6 Å². The molecule has 0 atom stereocenters. The monoisotopic (exact) mass is 273 g/mol. The second-order valence-corrected chi connectivity index (χ2v) is 4.35. The molecule has 0 spiro atoms. The minimum Gasteiger partial charge on any atom is -0.476 e. The summed E-state index contributed by atoms with van der Waals surface area (Å²) < 4.78 is 11.2. The first-order valence-electron chi connectivity index (χ1n) is 6.74. The molecule has 2 aromatic rings. The van der Waals surface area contributed by atoms with Crippen molar-refractivity contribution in [1.29, 1.82) is 0 Å². The van der Waals surface area contributed by atoms with E-state index in [-0.39, 0.29) is 0 Å². The molecule has 0 aliphatic heterocycles. The third-order valence-electron chi connectivity index (χ3n) is 2.77. The summed E-state index contributed by atoms with van der Waals surface area (Å²) in [5.41, 5.74) is 7.48. The standard InChI is InChI=1S/C15H19N3O2/c1-3-8-19-14-13(16)15(18-10-17-14)20-12-7-5-6-11(4-2)9-12/h5-7,9-10H,3-4,8,16H2,1-2H3. The maximum absolute atomic E-state index is 5.97. The predicted molar refractivity (Wildman–Crippen MR) is 78.1 cm³/mol. The molecule has 106 valence electrons. The molecule has 1 heterocycles. The number of nitrogens with zero attached hydrogens (tertiary/aromatic N) is 2. The van der Waals surface area contributed by atoms with Crippen LogP contribution in [0.4, 0.5) is 5.69 Å². The zero-order chi connectivity index (χ0) is 14.4. The molecule has 0 bridgehead atoms. The molecular weight excluding hydrogens is 254 g/mol. The van der Waals surface area contributed by atoms with E-state index in [0.29, 0.717) is 29.8 Å². The van der Waals surface area contributed by atoms with Crippen molar-refractivity contribution >= 4 is 5.69 Å². The van der Waals surface area contributed by atoms with Crippen molar-refractivity contribution in [2.75, 3.05) is 12.3 Å². The summed E-state index contributed by atoms with van der Waals surface area (Å²) in [6, 6.07) is 7.83. The largest absolute Gasteiger partial charge is 0.476 e. The molecule has 2 rings (SSSR count). The van der Waals surface area contributed by atoms with Gasteiger partial charge in [-0.1, -0.05) is 26.0 Å². The molecule has 0 aliphatic rings. The lowest BCUT2D eigenvalue weighted by atomic mass is 10.2. The van der Waals surface area contributed by atoms with Gasteiger partial charge in [-0.05, 0) is 30.5 Å². The SMILES string of the molecule is CCCOc1ncnc(Oc2cccc(CC)c2)c1N. The van der Waals surface area contributed by atoms with Gasteiger partial charge in [-0.25, -0.2) is 0 Å². The van der Waals surface area contributed by atoms with E-state index in [1.54, 1.807) is 0 Å².